The van der Waals surface area contributed by atoms with E-state index in [0.29, 0.717) is 18.7 Å². The fourth-order valence-electron chi connectivity index (χ4n) is 4.10. The third kappa shape index (κ3) is 5.53. The second-order valence-electron chi connectivity index (χ2n) is 8.11. The predicted molar refractivity (Wildman–Crippen MR) is 126 cm³/mol. The van der Waals surface area contributed by atoms with Crippen LogP contribution in [0.2, 0.25) is 0 Å². The second kappa shape index (κ2) is 10.2. The summed E-state index contributed by atoms with van der Waals surface area (Å²) in [4.78, 5) is 39.1. The largest absolute Gasteiger partial charge is 0.352 e. The summed E-state index contributed by atoms with van der Waals surface area (Å²) in [7, 11) is 0. The van der Waals surface area contributed by atoms with Crippen molar-refractivity contribution < 1.29 is 14.5 Å². The fourth-order valence-corrected chi connectivity index (χ4v) is 4.10. The zero-order chi connectivity index (χ0) is 23.2. The molecule has 1 aliphatic heterocycles. The van der Waals surface area contributed by atoms with Gasteiger partial charge in [-0.05, 0) is 28.5 Å². The van der Waals surface area contributed by atoms with Crippen LogP contribution in [0.1, 0.15) is 22.3 Å². The highest BCUT2D eigenvalue weighted by atomic mass is 16.6. The van der Waals surface area contributed by atoms with Crippen LogP contribution in [0.3, 0.4) is 0 Å². The number of hydrogen-bond donors (Lipinski definition) is 1. The van der Waals surface area contributed by atoms with Gasteiger partial charge in [0, 0.05) is 63.4 Å². The van der Waals surface area contributed by atoms with Gasteiger partial charge in [-0.3, -0.25) is 24.6 Å². The van der Waals surface area contributed by atoms with Gasteiger partial charge in [-0.15, -0.1) is 0 Å². The van der Waals surface area contributed by atoms with Gasteiger partial charge in [0.1, 0.15) is 0 Å². The van der Waals surface area contributed by atoms with Crippen LogP contribution < -0.4 is 5.32 Å². The maximum atomic E-state index is 12.6. The smallest absolute Gasteiger partial charge is 0.269 e. The van der Waals surface area contributed by atoms with Crippen molar-refractivity contribution in [3.8, 4) is 0 Å². The van der Waals surface area contributed by atoms with E-state index in [-0.39, 0.29) is 30.5 Å². The maximum absolute atomic E-state index is 12.6. The van der Waals surface area contributed by atoms with Crippen molar-refractivity contribution in [2.45, 2.75) is 13.0 Å². The van der Waals surface area contributed by atoms with E-state index in [1.807, 2.05) is 11.0 Å². The van der Waals surface area contributed by atoms with Gasteiger partial charge in [0.2, 0.25) is 5.91 Å². The molecule has 1 saturated heterocycles. The van der Waals surface area contributed by atoms with Crippen molar-refractivity contribution in [2.24, 2.45) is 0 Å². The minimum Gasteiger partial charge on any atom is -0.352 e. The molecule has 0 radical (unpaired) electrons. The van der Waals surface area contributed by atoms with Crippen LogP contribution in [0.25, 0.3) is 10.8 Å². The lowest BCUT2D eigenvalue weighted by atomic mass is 10.0. The molecule has 0 atom stereocenters. The number of rotatable bonds is 7. The van der Waals surface area contributed by atoms with Crippen molar-refractivity contribution in [1.82, 2.24) is 15.1 Å². The molecule has 0 aromatic heterocycles. The van der Waals surface area contributed by atoms with Crippen LogP contribution in [0, 0.1) is 10.1 Å². The van der Waals surface area contributed by atoms with Crippen molar-refractivity contribution in [1.29, 1.82) is 0 Å². The third-order valence-electron chi connectivity index (χ3n) is 5.96. The molecule has 33 heavy (non-hydrogen) atoms. The normalized spacial score (nSPS) is 14.2. The van der Waals surface area contributed by atoms with E-state index >= 15 is 0 Å². The molecule has 3 aromatic rings. The molecule has 0 unspecified atom stereocenters. The van der Waals surface area contributed by atoms with E-state index in [1.165, 1.54) is 40.6 Å². The Hall–Kier alpha value is -3.78. The van der Waals surface area contributed by atoms with Gasteiger partial charge in [0.25, 0.3) is 11.6 Å². The number of hydrogen-bond acceptors (Lipinski definition) is 5. The number of nitrogens with zero attached hydrogens (tertiary/aromatic N) is 3. The Morgan fingerprint density at radius 2 is 1.61 bits per heavy atom. The zero-order valence-corrected chi connectivity index (χ0v) is 18.3. The summed E-state index contributed by atoms with van der Waals surface area (Å²) in [5, 5.41) is 15.9. The maximum Gasteiger partial charge on any atom is 0.269 e. The molecule has 3 aromatic carbocycles. The number of nitro benzene ring substituents is 1. The minimum atomic E-state index is -0.512. The lowest BCUT2D eigenvalue weighted by molar-refractivity contribution is -0.384. The molecule has 0 bridgehead atoms. The average Bonchev–Trinajstić information content (AvgIpc) is 2.84. The number of non-ortho nitro benzene ring substituents is 1. The molecule has 170 valence electrons. The first-order valence-corrected chi connectivity index (χ1v) is 11.0. The monoisotopic (exact) mass is 446 g/mol. The van der Waals surface area contributed by atoms with Gasteiger partial charge in [-0.1, -0.05) is 42.5 Å². The van der Waals surface area contributed by atoms with Gasteiger partial charge in [-0.2, -0.15) is 0 Å². The van der Waals surface area contributed by atoms with Gasteiger partial charge in [-0.25, -0.2) is 0 Å². The molecule has 1 N–H and O–H groups in total. The number of benzene rings is 3. The van der Waals surface area contributed by atoms with Crippen LogP contribution in [0.4, 0.5) is 5.69 Å². The third-order valence-corrected chi connectivity index (χ3v) is 5.96. The highest BCUT2D eigenvalue weighted by Gasteiger charge is 2.21. The number of nitrogens with one attached hydrogen (secondary N) is 1. The Balaban J connectivity index is 1.21. The predicted octanol–water partition coefficient (Wildman–Crippen LogP) is 3.21. The molecule has 8 nitrogen and oxygen atoms in total. The molecule has 2 amide bonds. The number of nitro groups is 1. The SMILES string of the molecule is O=C(NCCC(=O)N1CCN(Cc2cccc3ccccc23)CC1)c1ccc([N+](=O)[O-])cc1. The first-order valence-electron chi connectivity index (χ1n) is 11.0. The van der Waals surface area contributed by atoms with Gasteiger partial charge in [0.15, 0.2) is 0 Å². The molecule has 0 spiro atoms. The van der Waals surface area contributed by atoms with Crippen molar-refractivity contribution in [2.75, 3.05) is 32.7 Å². The van der Waals surface area contributed by atoms with Crippen LogP contribution >= 0.6 is 0 Å². The standard InChI is InChI=1S/C25H26N4O4/c30-24(12-13-26-25(31)20-8-10-22(11-9-20)29(32)33)28-16-14-27(15-17-28)18-21-6-3-5-19-4-1-2-7-23(19)21/h1-11H,12-18H2,(H,26,31). The lowest BCUT2D eigenvalue weighted by Gasteiger charge is -2.35. The number of amides is 2. The average molecular weight is 447 g/mol. The summed E-state index contributed by atoms with van der Waals surface area (Å²) in [5.41, 5.74) is 1.55. The van der Waals surface area contributed by atoms with Crippen LogP contribution in [0.5, 0.6) is 0 Å². The summed E-state index contributed by atoms with van der Waals surface area (Å²) in [6.45, 7) is 4.04. The minimum absolute atomic E-state index is 0.0174. The molecule has 0 aliphatic carbocycles. The first kappa shape index (κ1) is 22.4. The quantitative estimate of drug-likeness (QED) is 0.444. The molecule has 8 heteroatoms. The van der Waals surface area contributed by atoms with E-state index in [0.717, 1.165) is 19.6 Å². The fraction of sp³-hybridized carbons (Fsp3) is 0.280. The van der Waals surface area contributed by atoms with Crippen molar-refractivity contribution in [3.63, 3.8) is 0 Å². The van der Waals surface area contributed by atoms with Crippen LogP contribution in [0.15, 0.2) is 66.7 Å². The molecule has 1 fully saturated rings. The number of carbonyl (C=O) groups is 2. The van der Waals surface area contributed by atoms with E-state index in [2.05, 4.69) is 46.6 Å². The highest BCUT2D eigenvalue weighted by Crippen LogP contribution is 2.20. The topological polar surface area (TPSA) is 95.8 Å². The molecule has 1 aliphatic rings. The number of carbonyl (C=O) groups excluding carboxylic acids is 2. The summed E-state index contributed by atoms with van der Waals surface area (Å²) in [5.74, 6) is -0.332. The Kier molecular flexibility index (Phi) is 6.95. The van der Waals surface area contributed by atoms with E-state index in [4.69, 9.17) is 0 Å². The summed E-state index contributed by atoms with van der Waals surface area (Å²) < 4.78 is 0. The Labute approximate surface area is 191 Å². The van der Waals surface area contributed by atoms with E-state index in [1.54, 1.807) is 0 Å². The van der Waals surface area contributed by atoms with Crippen LogP contribution in [-0.4, -0.2) is 59.3 Å². The lowest BCUT2D eigenvalue weighted by Crippen LogP contribution is -2.48. The molecular formula is C25H26N4O4. The molecule has 0 saturated carbocycles. The van der Waals surface area contributed by atoms with Crippen molar-refractivity contribution in [3.05, 3.63) is 88.0 Å². The van der Waals surface area contributed by atoms with Gasteiger partial charge >= 0.3 is 0 Å². The Morgan fingerprint density at radius 1 is 0.909 bits per heavy atom. The van der Waals surface area contributed by atoms with E-state index in [9.17, 15) is 19.7 Å². The Bertz CT molecular complexity index is 1150. The molecular weight excluding hydrogens is 420 g/mol. The van der Waals surface area contributed by atoms with Gasteiger partial charge in [0.05, 0.1) is 4.92 Å². The second-order valence-corrected chi connectivity index (χ2v) is 8.11. The van der Waals surface area contributed by atoms with Crippen molar-refractivity contribution >= 4 is 28.3 Å². The zero-order valence-electron chi connectivity index (χ0n) is 18.3. The first-order chi connectivity index (χ1) is 16.0. The van der Waals surface area contributed by atoms with Gasteiger partial charge < -0.3 is 10.2 Å². The molecule has 1 heterocycles. The van der Waals surface area contributed by atoms with E-state index < -0.39 is 4.92 Å². The summed E-state index contributed by atoms with van der Waals surface area (Å²) in [6.07, 6.45) is 0.224. The van der Waals surface area contributed by atoms with Crippen LogP contribution in [-0.2, 0) is 11.3 Å². The molecule has 4 rings (SSSR count). The summed E-state index contributed by atoms with van der Waals surface area (Å²) >= 11 is 0. The number of fused-ring (bicyclic) bond motifs is 1. The highest BCUT2D eigenvalue weighted by molar-refractivity contribution is 5.94. The summed E-state index contributed by atoms with van der Waals surface area (Å²) in [6, 6.07) is 20.1. The Morgan fingerprint density at radius 3 is 2.33 bits per heavy atom. The number of piperazine rings is 1.